The van der Waals surface area contributed by atoms with Crippen molar-refractivity contribution < 1.29 is 9.57 Å². The molecule has 0 aliphatic carbocycles. The van der Waals surface area contributed by atoms with E-state index in [0.717, 1.165) is 36.9 Å². The fraction of sp³-hybridized carbons (Fsp3) is 0.500. The van der Waals surface area contributed by atoms with Gasteiger partial charge in [-0.15, -0.1) is 5.10 Å². The highest BCUT2D eigenvalue weighted by atomic mass is 16.7. The Balaban J connectivity index is 1.79. The zero-order valence-electron chi connectivity index (χ0n) is 10.0. The number of aromatic nitrogens is 3. The first-order chi connectivity index (χ1) is 8.42. The number of methoxy groups -OCH3 is 1. The largest absolute Gasteiger partial charge is 0.395 e. The zero-order chi connectivity index (χ0) is 11.9. The maximum atomic E-state index is 5.54. The lowest BCUT2D eigenvalue weighted by molar-refractivity contribution is 0.0828. The van der Waals surface area contributed by atoms with Crippen LogP contribution in [0.5, 0.6) is 0 Å². The number of hydrogen-bond acceptors (Lipinski definition) is 4. The van der Waals surface area contributed by atoms with Crippen LogP contribution in [0, 0.1) is 0 Å². The number of unbranched alkanes of at least 4 members (excludes halogenated alkanes) is 2. The molecule has 0 radical (unpaired) electrons. The van der Waals surface area contributed by atoms with Gasteiger partial charge in [0.1, 0.15) is 17.6 Å². The molecule has 0 saturated carbocycles. The maximum absolute atomic E-state index is 5.54. The molecule has 2 rings (SSSR count). The average molecular weight is 235 g/mol. The fourth-order valence-electron chi connectivity index (χ4n) is 1.62. The predicted molar refractivity (Wildman–Crippen MR) is 64.7 cm³/mol. The third-order valence-corrected chi connectivity index (χ3v) is 2.53. The van der Waals surface area contributed by atoms with Crippen molar-refractivity contribution in [2.24, 2.45) is 0 Å². The molecule has 1 heterocycles. The minimum absolute atomic E-state index is 0.650. The summed E-state index contributed by atoms with van der Waals surface area (Å²) in [6.07, 6.45) is 3.16. The van der Waals surface area contributed by atoms with E-state index in [1.54, 1.807) is 7.11 Å². The van der Waals surface area contributed by atoms with Crippen LogP contribution in [0.25, 0.3) is 11.0 Å². The summed E-state index contributed by atoms with van der Waals surface area (Å²) in [6.45, 7) is 1.46. The zero-order valence-corrected chi connectivity index (χ0v) is 10.0. The van der Waals surface area contributed by atoms with Crippen LogP contribution in [0.4, 0.5) is 0 Å². The second kappa shape index (κ2) is 6.20. The van der Waals surface area contributed by atoms with E-state index in [1.165, 1.54) is 4.85 Å². The number of benzene rings is 1. The molecular formula is C12H17N3O2. The van der Waals surface area contributed by atoms with Gasteiger partial charge in [-0.1, -0.05) is 17.0 Å². The average Bonchev–Trinajstić information content (AvgIpc) is 2.77. The second-order valence-corrected chi connectivity index (χ2v) is 3.84. The Morgan fingerprint density at radius 3 is 2.82 bits per heavy atom. The van der Waals surface area contributed by atoms with Crippen molar-refractivity contribution in [3.8, 4) is 0 Å². The molecule has 1 aromatic carbocycles. The van der Waals surface area contributed by atoms with Crippen LogP contribution in [0.15, 0.2) is 24.3 Å². The van der Waals surface area contributed by atoms with Gasteiger partial charge in [-0.3, -0.25) is 0 Å². The Bertz CT molecular complexity index is 456. The Morgan fingerprint density at radius 1 is 1.12 bits per heavy atom. The van der Waals surface area contributed by atoms with Crippen LogP contribution >= 0.6 is 0 Å². The third-order valence-electron chi connectivity index (χ3n) is 2.53. The molecule has 1 aromatic heterocycles. The normalized spacial score (nSPS) is 10.9. The molecular weight excluding hydrogens is 218 g/mol. The fourth-order valence-corrected chi connectivity index (χ4v) is 1.62. The molecule has 0 amide bonds. The van der Waals surface area contributed by atoms with Crippen molar-refractivity contribution in [3.63, 3.8) is 0 Å². The number of ether oxygens (including phenoxy) is 1. The molecule has 17 heavy (non-hydrogen) atoms. The summed E-state index contributed by atoms with van der Waals surface area (Å²) >= 11 is 0. The summed E-state index contributed by atoms with van der Waals surface area (Å²) in [5.74, 6) is 0. The van der Waals surface area contributed by atoms with E-state index in [9.17, 15) is 0 Å². The lowest BCUT2D eigenvalue weighted by Gasteiger charge is -2.04. The summed E-state index contributed by atoms with van der Waals surface area (Å²) in [5.41, 5.74) is 1.76. The lowest BCUT2D eigenvalue weighted by atomic mass is 10.2. The Hall–Kier alpha value is -1.62. The number of hydrogen-bond donors (Lipinski definition) is 0. The SMILES string of the molecule is COCCCCCOn1nnc2ccccc21. The highest BCUT2D eigenvalue weighted by Crippen LogP contribution is 2.08. The minimum atomic E-state index is 0.650. The van der Waals surface area contributed by atoms with E-state index in [0.29, 0.717) is 6.61 Å². The van der Waals surface area contributed by atoms with Gasteiger partial charge in [0.15, 0.2) is 0 Å². The van der Waals surface area contributed by atoms with Crippen LogP contribution in [-0.4, -0.2) is 35.5 Å². The van der Waals surface area contributed by atoms with Gasteiger partial charge >= 0.3 is 0 Å². The Kier molecular flexibility index (Phi) is 4.32. The smallest absolute Gasteiger partial charge is 0.130 e. The van der Waals surface area contributed by atoms with Gasteiger partial charge in [-0.2, -0.15) is 0 Å². The van der Waals surface area contributed by atoms with E-state index in [2.05, 4.69) is 10.3 Å². The van der Waals surface area contributed by atoms with Crippen molar-refractivity contribution in [2.45, 2.75) is 19.3 Å². The van der Waals surface area contributed by atoms with E-state index < -0.39 is 0 Å². The van der Waals surface area contributed by atoms with E-state index >= 15 is 0 Å². The van der Waals surface area contributed by atoms with Gasteiger partial charge in [0.2, 0.25) is 0 Å². The Labute approximate surface area is 100 Å². The van der Waals surface area contributed by atoms with Crippen LogP contribution in [0.1, 0.15) is 19.3 Å². The molecule has 0 atom stereocenters. The quantitative estimate of drug-likeness (QED) is 0.685. The van der Waals surface area contributed by atoms with Gasteiger partial charge in [0.25, 0.3) is 0 Å². The molecule has 0 N–H and O–H groups in total. The van der Waals surface area contributed by atoms with Crippen molar-refractivity contribution in [1.29, 1.82) is 0 Å². The second-order valence-electron chi connectivity index (χ2n) is 3.84. The molecule has 0 aliphatic heterocycles. The standard InChI is InChI=1S/C12H17N3O2/c1-16-9-5-2-6-10-17-15-12-8-4-3-7-11(12)13-14-15/h3-4,7-8H,2,5-6,9-10H2,1H3. The first kappa shape index (κ1) is 11.9. The monoisotopic (exact) mass is 235 g/mol. The molecule has 0 saturated heterocycles. The van der Waals surface area contributed by atoms with Gasteiger partial charge in [-0.25, -0.2) is 0 Å². The molecule has 0 fully saturated rings. The number of fused-ring (bicyclic) bond motifs is 1. The molecule has 2 aromatic rings. The molecule has 0 spiro atoms. The number of rotatable bonds is 7. The highest BCUT2D eigenvalue weighted by molar-refractivity contribution is 5.73. The van der Waals surface area contributed by atoms with Gasteiger partial charge in [-0.05, 0) is 36.6 Å². The van der Waals surface area contributed by atoms with Crippen LogP contribution in [0.2, 0.25) is 0 Å². The molecule has 92 valence electrons. The van der Waals surface area contributed by atoms with Crippen molar-refractivity contribution in [3.05, 3.63) is 24.3 Å². The molecule has 0 bridgehead atoms. The van der Waals surface area contributed by atoms with Crippen molar-refractivity contribution >= 4 is 11.0 Å². The summed E-state index contributed by atoms with van der Waals surface area (Å²) < 4.78 is 4.98. The third kappa shape index (κ3) is 3.17. The highest BCUT2D eigenvalue weighted by Gasteiger charge is 2.02. The maximum Gasteiger partial charge on any atom is 0.130 e. The van der Waals surface area contributed by atoms with E-state index in [4.69, 9.17) is 9.57 Å². The number of para-hydroxylation sites is 1. The minimum Gasteiger partial charge on any atom is -0.395 e. The molecule has 5 heteroatoms. The molecule has 0 aliphatic rings. The van der Waals surface area contributed by atoms with Gasteiger partial charge in [0, 0.05) is 13.7 Å². The number of nitrogens with zero attached hydrogens (tertiary/aromatic N) is 3. The van der Waals surface area contributed by atoms with E-state index in [1.807, 2.05) is 24.3 Å². The van der Waals surface area contributed by atoms with Gasteiger partial charge in [0.05, 0.1) is 0 Å². The summed E-state index contributed by atoms with van der Waals surface area (Å²) in [7, 11) is 1.72. The van der Waals surface area contributed by atoms with Crippen LogP contribution < -0.4 is 4.84 Å². The van der Waals surface area contributed by atoms with Crippen LogP contribution in [-0.2, 0) is 4.74 Å². The van der Waals surface area contributed by atoms with Gasteiger partial charge < -0.3 is 9.57 Å². The summed E-state index contributed by atoms with van der Waals surface area (Å²) in [6, 6.07) is 7.75. The predicted octanol–water partition coefficient (Wildman–Crippen LogP) is 1.68. The first-order valence-corrected chi connectivity index (χ1v) is 5.84. The summed E-state index contributed by atoms with van der Waals surface area (Å²) in [5, 5.41) is 7.96. The topological polar surface area (TPSA) is 49.2 Å². The van der Waals surface area contributed by atoms with Crippen molar-refractivity contribution in [2.75, 3.05) is 20.3 Å². The van der Waals surface area contributed by atoms with Crippen LogP contribution in [0.3, 0.4) is 0 Å². The molecule has 0 unspecified atom stereocenters. The lowest BCUT2D eigenvalue weighted by Crippen LogP contribution is -2.14. The first-order valence-electron chi connectivity index (χ1n) is 5.84. The van der Waals surface area contributed by atoms with E-state index in [-0.39, 0.29) is 0 Å². The molecule has 5 nitrogen and oxygen atoms in total. The Morgan fingerprint density at radius 2 is 1.94 bits per heavy atom. The summed E-state index contributed by atoms with van der Waals surface area (Å²) in [4.78, 5) is 7.03. The van der Waals surface area contributed by atoms with Crippen molar-refractivity contribution in [1.82, 2.24) is 15.2 Å².